The molecule has 2 heterocycles. The minimum Gasteiger partial charge on any atom is -0.462 e. The number of nitrogens with zero attached hydrogens (tertiary/aromatic N) is 1. The number of aromatic nitrogens is 1. The van der Waals surface area contributed by atoms with E-state index in [4.69, 9.17) is 10.5 Å². The normalized spacial score (nSPS) is 18.2. The van der Waals surface area contributed by atoms with Gasteiger partial charge in [0.1, 0.15) is 6.04 Å². The van der Waals surface area contributed by atoms with Crippen LogP contribution in [0.2, 0.25) is 0 Å². The molecule has 0 saturated heterocycles. The molecule has 0 spiro atoms. The molecule has 86 valence electrons. The Balaban J connectivity index is 2.30. The molecule has 1 atom stereocenters. The number of hydrogen-bond donors (Lipinski definition) is 1. The Hall–Kier alpha value is -1.43. The molecule has 0 fully saturated rings. The number of fused-ring (bicyclic) bond motifs is 1. The van der Waals surface area contributed by atoms with Gasteiger partial charge in [0.25, 0.3) is 0 Å². The van der Waals surface area contributed by atoms with Crippen molar-refractivity contribution in [2.24, 2.45) is 5.73 Å². The third kappa shape index (κ3) is 1.69. The van der Waals surface area contributed by atoms with Crippen molar-refractivity contribution in [1.29, 1.82) is 0 Å². The van der Waals surface area contributed by atoms with Gasteiger partial charge in [-0.15, -0.1) is 11.8 Å². The van der Waals surface area contributed by atoms with E-state index in [0.717, 1.165) is 5.03 Å². The molecule has 1 aliphatic rings. The Morgan fingerprint density at radius 3 is 3.06 bits per heavy atom. The van der Waals surface area contributed by atoms with Gasteiger partial charge in [-0.2, -0.15) is 0 Å². The number of thioether (sulfide) groups is 1. The molecule has 1 aromatic heterocycles. The van der Waals surface area contributed by atoms with Crippen LogP contribution >= 0.6 is 11.8 Å². The summed E-state index contributed by atoms with van der Waals surface area (Å²) in [5.41, 5.74) is 5.78. The van der Waals surface area contributed by atoms with Gasteiger partial charge in [0.15, 0.2) is 0 Å². The topological polar surface area (TPSA) is 74.3 Å². The third-order valence-electron chi connectivity index (χ3n) is 2.40. The second-order valence-electron chi connectivity index (χ2n) is 3.39. The molecule has 2 rings (SSSR count). The van der Waals surface area contributed by atoms with E-state index in [1.165, 1.54) is 11.8 Å². The summed E-state index contributed by atoms with van der Waals surface area (Å²) in [5, 5.41) is 0.766. The molecule has 1 unspecified atom stereocenters. The second kappa shape index (κ2) is 4.21. The van der Waals surface area contributed by atoms with Gasteiger partial charge in [-0.05, 0) is 13.0 Å². The molecule has 5 nitrogen and oxygen atoms in total. The van der Waals surface area contributed by atoms with Gasteiger partial charge in [-0.3, -0.25) is 4.79 Å². The molecular formula is C10H12N2O3S. The summed E-state index contributed by atoms with van der Waals surface area (Å²) in [7, 11) is 0. The van der Waals surface area contributed by atoms with E-state index in [2.05, 4.69) is 0 Å². The lowest BCUT2D eigenvalue weighted by Gasteiger charge is -2.06. The zero-order chi connectivity index (χ0) is 11.7. The van der Waals surface area contributed by atoms with Crippen LogP contribution in [0.4, 0.5) is 0 Å². The fraction of sp³-hybridized carbons (Fsp3) is 0.400. The Bertz CT molecular complexity index is 441. The van der Waals surface area contributed by atoms with E-state index in [9.17, 15) is 9.59 Å². The molecule has 0 aromatic carbocycles. The first-order chi connectivity index (χ1) is 7.65. The second-order valence-corrected chi connectivity index (χ2v) is 4.40. The van der Waals surface area contributed by atoms with Crippen LogP contribution in [0, 0.1) is 0 Å². The summed E-state index contributed by atoms with van der Waals surface area (Å²) in [6.45, 7) is 2.10. The Morgan fingerprint density at radius 1 is 1.69 bits per heavy atom. The van der Waals surface area contributed by atoms with Gasteiger partial charge in [-0.25, -0.2) is 4.79 Å². The average Bonchev–Trinajstić information content (AvgIpc) is 2.76. The van der Waals surface area contributed by atoms with Gasteiger partial charge in [0.05, 0.1) is 17.2 Å². The summed E-state index contributed by atoms with van der Waals surface area (Å²) in [5.74, 6) is -0.149. The van der Waals surface area contributed by atoms with Gasteiger partial charge in [0, 0.05) is 11.9 Å². The minimum atomic E-state index is -0.378. The predicted octanol–water partition coefficient (Wildman–Crippen LogP) is 0.797. The zero-order valence-corrected chi connectivity index (χ0v) is 9.62. The number of carbonyl (C=O) groups is 2. The Labute approximate surface area is 96.9 Å². The van der Waals surface area contributed by atoms with E-state index in [-0.39, 0.29) is 17.9 Å². The first-order valence-corrected chi connectivity index (χ1v) is 5.93. The Morgan fingerprint density at radius 2 is 2.44 bits per heavy atom. The summed E-state index contributed by atoms with van der Waals surface area (Å²) < 4.78 is 6.66. The highest BCUT2D eigenvalue weighted by molar-refractivity contribution is 7.99. The smallest absolute Gasteiger partial charge is 0.340 e. The number of esters is 1. The SMILES string of the molecule is CCOC(=O)c1ccn2c1SCC2C(N)=O. The van der Waals surface area contributed by atoms with Gasteiger partial charge in [0.2, 0.25) is 5.91 Å². The van der Waals surface area contributed by atoms with Crippen LogP contribution in [0.1, 0.15) is 23.3 Å². The van der Waals surface area contributed by atoms with Crippen LogP contribution in [0.5, 0.6) is 0 Å². The summed E-state index contributed by atoms with van der Waals surface area (Å²) in [6.07, 6.45) is 1.71. The van der Waals surface area contributed by atoms with Gasteiger partial charge in [-0.1, -0.05) is 0 Å². The number of rotatable bonds is 3. The Kier molecular flexibility index (Phi) is 2.91. The van der Waals surface area contributed by atoms with Crippen LogP contribution in [-0.2, 0) is 9.53 Å². The summed E-state index contributed by atoms with van der Waals surface area (Å²) >= 11 is 1.45. The minimum absolute atomic E-state index is 0.341. The summed E-state index contributed by atoms with van der Waals surface area (Å²) in [4.78, 5) is 22.7. The van der Waals surface area contributed by atoms with E-state index in [0.29, 0.717) is 17.9 Å². The molecule has 0 radical (unpaired) electrons. The number of ether oxygens (including phenoxy) is 1. The van der Waals surface area contributed by atoms with Crippen molar-refractivity contribution in [2.75, 3.05) is 12.4 Å². The van der Waals surface area contributed by atoms with Crippen molar-refractivity contribution in [1.82, 2.24) is 4.57 Å². The van der Waals surface area contributed by atoms with Crippen molar-refractivity contribution in [3.05, 3.63) is 17.8 Å². The van der Waals surface area contributed by atoms with Crippen LogP contribution in [0.3, 0.4) is 0 Å². The van der Waals surface area contributed by atoms with E-state index >= 15 is 0 Å². The highest BCUT2D eigenvalue weighted by Gasteiger charge is 2.30. The van der Waals surface area contributed by atoms with Crippen molar-refractivity contribution in [2.45, 2.75) is 18.0 Å². The first-order valence-electron chi connectivity index (χ1n) is 4.95. The maximum atomic E-state index is 11.6. The number of carbonyl (C=O) groups excluding carboxylic acids is 2. The van der Waals surface area contributed by atoms with Crippen molar-refractivity contribution >= 4 is 23.6 Å². The maximum absolute atomic E-state index is 11.6. The largest absolute Gasteiger partial charge is 0.462 e. The molecular weight excluding hydrogens is 228 g/mol. The lowest BCUT2D eigenvalue weighted by Crippen LogP contribution is -2.25. The van der Waals surface area contributed by atoms with E-state index in [1.807, 2.05) is 0 Å². The molecule has 1 aromatic rings. The third-order valence-corrected chi connectivity index (χ3v) is 3.59. The molecule has 1 aliphatic heterocycles. The van der Waals surface area contributed by atoms with Gasteiger partial charge < -0.3 is 15.0 Å². The quantitative estimate of drug-likeness (QED) is 0.793. The highest BCUT2D eigenvalue weighted by Crippen LogP contribution is 2.36. The van der Waals surface area contributed by atoms with Crippen LogP contribution in [0.25, 0.3) is 0 Å². The van der Waals surface area contributed by atoms with Gasteiger partial charge >= 0.3 is 5.97 Å². The molecule has 0 saturated carbocycles. The number of nitrogens with two attached hydrogens (primary N) is 1. The average molecular weight is 240 g/mol. The fourth-order valence-electron chi connectivity index (χ4n) is 1.65. The molecule has 0 bridgehead atoms. The molecule has 16 heavy (non-hydrogen) atoms. The number of primary amides is 1. The van der Waals surface area contributed by atoms with Crippen LogP contribution in [0.15, 0.2) is 17.3 Å². The lowest BCUT2D eigenvalue weighted by molar-refractivity contribution is -0.120. The van der Waals surface area contributed by atoms with Crippen molar-refractivity contribution in [3.63, 3.8) is 0 Å². The zero-order valence-electron chi connectivity index (χ0n) is 8.80. The maximum Gasteiger partial charge on any atom is 0.340 e. The number of amides is 1. The molecule has 1 amide bonds. The number of hydrogen-bond acceptors (Lipinski definition) is 4. The monoisotopic (exact) mass is 240 g/mol. The van der Waals surface area contributed by atoms with Crippen LogP contribution in [-0.4, -0.2) is 28.8 Å². The molecule has 0 aliphatic carbocycles. The predicted molar refractivity (Wildman–Crippen MR) is 59.3 cm³/mol. The highest BCUT2D eigenvalue weighted by atomic mass is 32.2. The molecule has 2 N–H and O–H groups in total. The van der Waals surface area contributed by atoms with Crippen molar-refractivity contribution in [3.8, 4) is 0 Å². The van der Waals surface area contributed by atoms with E-state index < -0.39 is 0 Å². The first kappa shape index (κ1) is 11.1. The van der Waals surface area contributed by atoms with E-state index in [1.54, 1.807) is 23.8 Å². The fourth-order valence-corrected chi connectivity index (χ4v) is 2.94. The molecule has 6 heteroatoms. The standard InChI is InChI=1S/C10H12N2O3S/c1-2-15-10(14)6-3-4-12-7(8(11)13)5-16-9(6)12/h3-4,7H,2,5H2,1H3,(H2,11,13). The van der Waals surface area contributed by atoms with Crippen molar-refractivity contribution < 1.29 is 14.3 Å². The summed E-state index contributed by atoms with van der Waals surface area (Å²) in [6, 6.07) is 1.30. The lowest BCUT2D eigenvalue weighted by atomic mass is 10.3. The van der Waals surface area contributed by atoms with Crippen LogP contribution < -0.4 is 5.73 Å².